The van der Waals surface area contributed by atoms with Crippen LogP contribution < -0.4 is 15.0 Å². The number of carbonyl (C=O) groups excluding carboxylic acids is 1. The van der Waals surface area contributed by atoms with Gasteiger partial charge in [0.1, 0.15) is 12.1 Å². The second-order valence-corrected chi connectivity index (χ2v) is 6.67. The first-order chi connectivity index (χ1) is 13.4. The molecule has 1 amide bonds. The molecule has 0 spiro atoms. The second-order valence-electron chi connectivity index (χ2n) is 5.86. The normalized spacial score (nSPS) is 10.8. The Kier molecular flexibility index (Phi) is 6.16. The van der Waals surface area contributed by atoms with E-state index in [1.165, 1.54) is 25.6 Å². The minimum absolute atomic E-state index is 0.0101. The predicted molar refractivity (Wildman–Crippen MR) is 109 cm³/mol. The van der Waals surface area contributed by atoms with Crippen molar-refractivity contribution in [3.63, 3.8) is 0 Å². The lowest BCUT2D eigenvalue weighted by atomic mass is 10.2. The van der Waals surface area contributed by atoms with Gasteiger partial charge in [-0.1, -0.05) is 29.3 Å². The average molecular weight is 423 g/mol. The van der Waals surface area contributed by atoms with Crippen LogP contribution >= 0.6 is 23.2 Å². The SMILES string of the molecule is CCN(CC(=O)Nc1c(Cl)cccc1Cl)c1ncnc2cc(F)c(OC)cc12. The first-order valence-electron chi connectivity index (χ1n) is 8.41. The van der Waals surface area contributed by atoms with Crippen molar-refractivity contribution in [2.24, 2.45) is 0 Å². The lowest BCUT2D eigenvalue weighted by Crippen LogP contribution is -2.34. The molecule has 0 aliphatic rings. The van der Waals surface area contributed by atoms with Gasteiger partial charge in [-0.3, -0.25) is 4.79 Å². The number of benzene rings is 2. The summed E-state index contributed by atoms with van der Waals surface area (Å²) in [6.45, 7) is 2.35. The molecule has 0 radical (unpaired) electrons. The molecule has 2 aromatic carbocycles. The molecule has 0 aliphatic heterocycles. The minimum atomic E-state index is -0.520. The highest BCUT2D eigenvalue weighted by Gasteiger charge is 2.18. The standard InChI is InChI=1S/C19H17Cl2FN4O2/c1-3-26(9-17(27)25-18-12(20)5-4-6-13(18)21)19-11-7-16(28-2)14(22)8-15(11)23-10-24-19/h4-8,10H,3,9H2,1-2H3,(H,25,27). The number of nitrogens with one attached hydrogen (secondary N) is 1. The highest BCUT2D eigenvalue weighted by molar-refractivity contribution is 6.39. The number of ether oxygens (including phenoxy) is 1. The van der Waals surface area contributed by atoms with Crippen molar-refractivity contribution in [2.45, 2.75) is 6.92 Å². The number of para-hydroxylation sites is 1. The van der Waals surface area contributed by atoms with Crippen LogP contribution in [0.1, 0.15) is 6.92 Å². The van der Waals surface area contributed by atoms with Crippen LogP contribution in [0.15, 0.2) is 36.7 Å². The number of amides is 1. The molecule has 0 saturated heterocycles. The number of likely N-dealkylation sites (N-methyl/N-ethyl adjacent to an activating group) is 1. The van der Waals surface area contributed by atoms with E-state index in [0.717, 1.165) is 0 Å². The molecule has 0 unspecified atom stereocenters. The maximum absolute atomic E-state index is 14.0. The van der Waals surface area contributed by atoms with E-state index in [4.69, 9.17) is 27.9 Å². The van der Waals surface area contributed by atoms with Crippen molar-refractivity contribution in [3.05, 3.63) is 52.5 Å². The van der Waals surface area contributed by atoms with Crippen molar-refractivity contribution < 1.29 is 13.9 Å². The fraction of sp³-hybridized carbons (Fsp3) is 0.211. The number of fused-ring (bicyclic) bond motifs is 1. The van der Waals surface area contributed by atoms with Gasteiger partial charge in [0.25, 0.3) is 0 Å². The Bertz CT molecular complexity index is 1010. The number of hydrogen-bond acceptors (Lipinski definition) is 5. The van der Waals surface area contributed by atoms with Gasteiger partial charge in [0.15, 0.2) is 11.6 Å². The molecule has 0 atom stereocenters. The molecule has 146 valence electrons. The number of rotatable bonds is 6. The number of nitrogens with zero attached hydrogens (tertiary/aromatic N) is 3. The summed E-state index contributed by atoms with van der Waals surface area (Å²) in [5.74, 6) is -0.274. The van der Waals surface area contributed by atoms with Crippen LogP contribution in [0, 0.1) is 5.82 Å². The topological polar surface area (TPSA) is 67.4 Å². The number of aromatic nitrogens is 2. The van der Waals surface area contributed by atoms with Crippen LogP contribution in [0.3, 0.4) is 0 Å². The lowest BCUT2D eigenvalue weighted by Gasteiger charge is -2.23. The molecule has 0 bridgehead atoms. The van der Waals surface area contributed by atoms with Crippen LogP contribution in [0.5, 0.6) is 5.75 Å². The van der Waals surface area contributed by atoms with E-state index in [-0.39, 0.29) is 18.2 Å². The van der Waals surface area contributed by atoms with Gasteiger partial charge in [-0.2, -0.15) is 0 Å². The molecular weight excluding hydrogens is 406 g/mol. The molecule has 3 rings (SSSR count). The molecule has 1 aromatic heterocycles. The molecule has 28 heavy (non-hydrogen) atoms. The summed E-state index contributed by atoms with van der Waals surface area (Å²) < 4.78 is 19.0. The van der Waals surface area contributed by atoms with Gasteiger partial charge < -0.3 is 15.0 Å². The van der Waals surface area contributed by atoms with E-state index in [0.29, 0.717) is 39.0 Å². The van der Waals surface area contributed by atoms with Crippen LogP contribution in [-0.4, -0.2) is 36.1 Å². The van der Waals surface area contributed by atoms with Gasteiger partial charge in [-0.15, -0.1) is 0 Å². The maximum Gasteiger partial charge on any atom is 0.244 e. The summed E-state index contributed by atoms with van der Waals surface area (Å²) in [5, 5.41) is 3.98. The van der Waals surface area contributed by atoms with Gasteiger partial charge in [0.2, 0.25) is 5.91 Å². The van der Waals surface area contributed by atoms with Crippen LogP contribution in [-0.2, 0) is 4.79 Å². The molecule has 0 aliphatic carbocycles. The Morgan fingerprint density at radius 1 is 1.25 bits per heavy atom. The molecule has 9 heteroatoms. The summed E-state index contributed by atoms with van der Waals surface area (Å²) in [6, 6.07) is 7.76. The Morgan fingerprint density at radius 2 is 1.96 bits per heavy atom. The summed E-state index contributed by atoms with van der Waals surface area (Å²) in [5.41, 5.74) is 0.763. The van der Waals surface area contributed by atoms with E-state index in [2.05, 4.69) is 15.3 Å². The number of anilines is 2. The molecule has 0 saturated carbocycles. The zero-order valence-corrected chi connectivity index (χ0v) is 16.7. The maximum atomic E-state index is 14.0. The number of hydrogen-bond donors (Lipinski definition) is 1. The third kappa shape index (κ3) is 4.10. The largest absolute Gasteiger partial charge is 0.494 e. The first-order valence-corrected chi connectivity index (χ1v) is 9.17. The van der Waals surface area contributed by atoms with Crippen molar-refractivity contribution >= 4 is 51.5 Å². The number of carbonyl (C=O) groups is 1. The van der Waals surface area contributed by atoms with Crippen LogP contribution in [0.25, 0.3) is 10.9 Å². The summed E-state index contributed by atoms with van der Waals surface area (Å²) in [7, 11) is 1.38. The molecule has 1 heterocycles. The van der Waals surface area contributed by atoms with Gasteiger partial charge >= 0.3 is 0 Å². The van der Waals surface area contributed by atoms with Gasteiger partial charge in [-0.05, 0) is 25.1 Å². The van der Waals surface area contributed by atoms with Crippen LogP contribution in [0.4, 0.5) is 15.9 Å². The summed E-state index contributed by atoms with van der Waals surface area (Å²) >= 11 is 12.2. The monoisotopic (exact) mass is 422 g/mol. The fourth-order valence-corrected chi connectivity index (χ4v) is 3.25. The minimum Gasteiger partial charge on any atom is -0.494 e. The van der Waals surface area contributed by atoms with Crippen molar-refractivity contribution in [2.75, 3.05) is 30.4 Å². The molecule has 6 nitrogen and oxygen atoms in total. The summed E-state index contributed by atoms with van der Waals surface area (Å²) in [4.78, 5) is 22.7. The van der Waals surface area contributed by atoms with Gasteiger partial charge in [-0.25, -0.2) is 14.4 Å². The first kappa shape index (κ1) is 20.1. The van der Waals surface area contributed by atoms with E-state index < -0.39 is 5.82 Å². The molecular formula is C19H17Cl2FN4O2. The van der Waals surface area contributed by atoms with Gasteiger partial charge in [0.05, 0.1) is 34.9 Å². The fourth-order valence-electron chi connectivity index (χ4n) is 2.76. The summed E-state index contributed by atoms with van der Waals surface area (Å²) in [6.07, 6.45) is 1.33. The third-order valence-corrected chi connectivity index (χ3v) is 4.76. The highest BCUT2D eigenvalue weighted by Crippen LogP contribution is 2.31. The quantitative estimate of drug-likeness (QED) is 0.630. The zero-order valence-electron chi connectivity index (χ0n) is 15.2. The average Bonchev–Trinajstić information content (AvgIpc) is 2.68. The smallest absolute Gasteiger partial charge is 0.244 e. The number of methoxy groups -OCH3 is 1. The Labute approximate surface area is 171 Å². The molecule has 3 aromatic rings. The zero-order chi connectivity index (χ0) is 20.3. The Morgan fingerprint density at radius 3 is 2.61 bits per heavy atom. The highest BCUT2D eigenvalue weighted by atomic mass is 35.5. The van der Waals surface area contributed by atoms with E-state index in [1.807, 2.05) is 6.92 Å². The van der Waals surface area contributed by atoms with Crippen molar-refractivity contribution in [1.82, 2.24) is 9.97 Å². The van der Waals surface area contributed by atoms with Gasteiger partial charge in [0, 0.05) is 18.0 Å². The predicted octanol–water partition coefficient (Wildman–Crippen LogP) is 4.55. The number of halogens is 3. The Balaban J connectivity index is 1.90. The lowest BCUT2D eigenvalue weighted by molar-refractivity contribution is -0.115. The third-order valence-electron chi connectivity index (χ3n) is 4.13. The molecule has 0 fully saturated rings. The van der Waals surface area contributed by atoms with E-state index in [1.54, 1.807) is 23.1 Å². The van der Waals surface area contributed by atoms with Crippen molar-refractivity contribution in [3.8, 4) is 5.75 Å². The second kappa shape index (κ2) is 8.58. The van der Waals surface area contributed by atoms with Crippen LogP contribution in [0.2, 0.25) is 10.0 Å². The van der Waals surface area contributed by atoms with Crippen molar-refractivity contribution in [1.29, 1.82) is 0 Å². The molecule has 1 N–H and O–H groups in total. The Hall–Kier alpha value is -2.64. The van der Waals surface area contributed by atoms with E-state index in [9.17, 15) is 9.18 Å². The van der Waals surface area contributed by atoms with E-state index >= 15 is 0 Å².